The van der Waals surface area contributed by atoms with Crippen molar-refractivity contribution in [2.24, 2.45) is 5.73 Å². The van der Waals surface area contributed by atoms with Crippen LogP contribution in [-0.4, -0.2) is 49.7 Å². The number of carbonyl (C=O) groups excluding carboxylic acids is 2. The number of benzene rings is 2. The maximum atomic E-state index is 13.3. The van der Waals surface area contributed by atoms with Crippen LogP contribution in [0.1, 0.15) is 47.2 Å². The number of hydrogen-bond donors (Lipinski definition) is 1. The molecule has 2 aromatic rings. The number of hydrogen-bond acceptors (Lipinski definition) is 4. The van der Waals surface area contributed by atoms with Crippen molar-refractivity contribution in [2.45, 2.75) is 44.1 Å². The van der Waals surface area contributed by atoms with E-state index in [4.69, 9.17) is 22.1 Å². The number of rotatable bonds is 5. The molecular weight excluding hydrogens is 461 g/mol. The zero-order valence-corrected chi connectivity index (χ0v) is 20.6. The lowest BCUT2D eigenvalue weighted by atomic mass is 9.68. The third kappa shape index (κ3) is 4.84. The van der Waals surface area contributed by atoms with Crippen molar-refractivity contribution < 1.29 is 14.3 Å². The Labute approximate surface area is 206 Å². The van der Waals surface area contributed by atoms with Crippen LogP contribution in [0.5, 0.6) is 0 Å². The molecule has 1 aliphatic heterocycles. The number of anilines is 1. The topological polar surface area (TPSA) is 75.9 Å². The lowest BCUT2D eigenvalue weighted by molar-refractivity contribution is 0.0600. The van der Waals surface area contributed by atoms with Gasteiger partial charge < -0.3 is 15.4 Å². The van der Waals surface area contributed by atoms with Crippen LogP contribution in [0.3, 0.4) is 0 Å². The first kappa shape index (κ1) is 25.3. The summed E-state index contributed by atoms with van der Waals surface area (Å²) in [5.74, 6) is -0.367. The first-order valence-corrected chi connectivity index (χ1v) is 11.5. The van der Waals surface area contributed by atoms with Crippen LogP contribution in [0.25, 0.3) is 0 Å². The van der Waals surface area contributed by atoms with Gasteiger partial charge in [-0.1, -0.05) is 23.7 Å². The van der Waals surface area contributed by atoms with Gasteiger partial charge in [0.25, 0.3) is 0 Å². The van der Waals surface area contributed by atoms with E-state index in [0.717, 1.165) is 42.0 Å². The van der Waals surface area contributed by atoms with Crippen LogP contribution < -0.4 is 10.6 Å². The minimum Gasteiger partial charge on any atom is -0.465 e. The van der Waals surface area contributed by atoms with E-state index in [1.54, 1.807) is 11.0 Å². The zero-order valence-electron chi connectivity index (χ0n) is 19.1. The molecule has 33 heavy (non-hydrogen) atoms. The van der Waals surface area contributed by atoms with Gasteiger partial charge in [0.15, 0.2) is 0 Å². The fraction of sp³-hybridized carbons (Fsp3) is 0.440. The van der Waals surface area contributed by atoms with Gasteiger partial charge in [-0.25, -0.2) is 9.59 Å². The van der Waals surface area contributed by atoms with Gasteiger partial charge in [-0.3, -0.25) is 4.90 Å². The number of carbonyl (C=O) groups is 2. The molecule has 2 fully saturated rings. The Hall–Kier alpha value is -2.28. The van der Waals surface area contributed by atoms with E-state index in [1.165, 1.54) is 12.7 Å². The number of methoxy groups -OCH3 is 1. The predicted octanol–water partition coefficient (Wildman–Crippen LogP) is 4.94. The Bertz CT molecular complexity index is 1020. The number of esters is 1. The molecule has 0 aromatic heterocycles. The molecule has 2 aliphatic rings. The summed E-state index contributed by atoms with van der Waals surface area (Å²) in [7, 11) is 1.37. The fourth-order valence-corrected chi connectivity index (χ4v) is 5.37. The normalized spacial score (nSPS) is 22.8. The fourth-order valence-electron chi connectivity index (χ4n) is 5.18. The highest BCUT2D eigenvalue weighted by atomic mass is 35.5. The minimum absolute atomic E-state index is 0. The van der Waals surface area contributed by atoms with Crippen LogP contribution >= 0.6 is 24.0 Å². The molecule has 1 saturated heterocycles. The van der Waals surface area contributed by atoms with E-state index in [-0.39, 0.29) is 35.9 Å². The predicted molar refractivity (Wildman–Crippen MR) is 134 cm³/mol. The van der Waals surface area contributed by atoms with E-state index in [1.807, 2.05) is 42.2 Å². The monoisotopic (exact) mass is 491 g/mol. The molecule has 1 aliphatic carbocycles. The molecule has 0 bridgehead atoms. The van der Waals surface area contributed by atoms with Crippen LogP contribution in [0.2, 0.25) is 5.02 Å². The maximum Gasteiger partial charge on any atom is 0.338 e. The highest BCUT2D eigenvalue weighted by molar-refractivity contribution is 6.30. The maximum absolute atomic E-state index is 13.3. The lowest BCUT2D eigenvalue weighted by Gasteiger charge is -2.42. The number of urea groups is 1. The number of amides is 2. The number of ether oxygens (including phenoxy) is 1. The highest BCUT2D eigenvalue weighted by Gasteiger charge is 2.41. The molecule has 2 N–H and O–H groups in total. The summed E-state index contributed by atoms with van der Waals surface area (Å²) in [6, 6.07) is 13.7. The largest absolute Gasteiger partial charge is 0.465 e. The van der Waals surface area contributed by atoms with Crippen molar-refractivity contribution in [2.75, 3.05) is 31.6 Å². The number of nitrogens with two attached hydrogens (primary N) is 1. The molecule has 4 rings (SSSR count). The van der Waals surface area contributed by atoms with Gasteiger partial charge in [0.1, 0.15) is 0 Å². The number of halogens is 2. The van der Waals surface area contributed by atoms with Gasteiger partial charge in [0, 0.05) is 41.8 Å². The molecule has 0 spiro atoms. The Morgan fingerprint density at radius 1 is 1.18 bits per heavy atom. The SMILES string of the molecule is COC(=O)c1ccc(N2CCN(C3CCC(CN)(c4cccc(Cl)c4)CC3)C2=O)cc1C.Cl. The zero-order chi connectivity index (χ0) is 22.9. The first-order chi connectivity index (χ1) is 15.4. The van der Waals surface area contributed by atoms with Crippen molar-refractivity contribution in [3.8, 4) is 0 Å². The molecule has 0 radical (unpaired) electrons. The van der Waals surface area contributed by atoms with Crippen molar-refractivity contribution >= 4 is 41.7 Å². The third-order valence-corrected chi connectivity index (χ3v) is 7.38. The van der Waals surface area contributed by atoms with E-state index in [2.05, 4.69) is 6.07 Å². The second-order valence-corrected chi connectivity index (χ2v) is 9.28. The molecular formula is C25H31Cl2N3O3. The summed E-state index contributed by atoms with van der Waals surface area (Å²) >= 11 is 6.23. The Morgan fingerprint density at radius 3 is 2.52 bits per heavy atom. The van der Waals surface area contributed by atoms with Crippen molar-refractivity contribution in [3.05, 3.63) is 64.2 Å². The smallest absolute Gasteiger partial charge is 0.338 e. The molecule has 0 unspecified atom stereocenters. The van der Waals surface area contributed by atoms with Gasteiger partial charge in [0.2, 0.25) is 0 Å². The summed E-state index contributed by atoms with van der Waals surface area (Å²) < 4.78 is 4.82. The molecule has 2 amide bonds. The van der Waals surface area contributed by atoms with E-state index < -0.39 is 0 Å². The van der Waals surface area contributed by atoms with Gasteiger partial charge in [0.05, 0.1) is 12.7 Å². The van der Waals surface area contributed by atoms with Crippen molar-refractivity contribution in [3.63, 3.8) is 0 Å². The molecule has 0 atom stereocenters. The molecule has 6 nitrogen and oxygen atoms in total. The quantitative estimate of drug-likeness (QED) is 0.600. The van der Waals surface area contributed by atoms with Gasteiger partial charge in [-0.15, -0.1) is 12.4 Å². The summed E-state index contributed by atoms with van der Waals surface area (Å²) in [4.78, 5) is 28.9. The Kier molecular flexibility index (Phi) is 7.93. The van der Waals surface area contributed by atoms with E-state index in [9.17, 15) is 9.59 Å². The molecule has 2 aromatic carbocycles. The van der Waals surface area contributed by atoms with Crippen LogP contribution in [0.4, 0.5) is 10.5 Å². The summed E-state index contributed by atoms with van der Waals surface area (Å²) in [6.45, 7) is 3.78. The van der Waals surface area contributed by atoms with E-state index >= 15 is 0 Å². The summed E-state index contributed by atoms with van der Waals surface area (Å²) in [5, 5.41) is 0.733. The lowest BCUT2D eigenvalue weighted by Crippen LogP contribution is -2.46. The van der Waals surface area contributed by atoms with Gasteiger partial charge >= 0.3 is 12.0 Å². The Morgan fingerprint density at radius 2 is 1.91 bits per heavy atom. The average molecular weight is 492 g/mol. The van der Waals surface area contributed by atoms with Crippen LogP contribution in [0.15, 0.2) is 42.5 Å². The number of nitrogens with zero attached hydrogens (tertiary/aromatic N) is 2. The van der Waals surface area contributed by atoms with Gasteiger partial charge in [-0.05, 0) is 74.1 Å². The molecule has 178 valence electrons. The Balaban J connectivity index is 0.00000306. The molecule has 8 heteroatoms. The second-order valence-electron chi connectivity index (χ2n) is 8.84. The van der Waals surface area contributed by atoms with Crippen molar-refractivity contribution in [1.29, 1.82) is 0 Å². The second kappa shape index (κ2) is 10.3. The van der Waals surface area contributed by atoms with Crippen LogP contribution in [0, 0.1) is 6.92 Å². The minimum atomic E-state index is -0.367. The van der Waals surface area contributed by atoms with Crippen molar-refractivity contribution in [1.82, 2.24) is 4.90 Å². The van der Waals surface area contributed by atoms with E-state index in [0.29, 0.717) is 25.2 Å². The number of aryl methyl sites for hydroxylation is 1. The standard InChI is InChI=1S/C25H30ClN3O3.ClH/c1-17-14-21(6-7-22(17)23(30)32-2)29-13-12-28(24(29)31)20-8-10-25(16-27,11-9-20)18-4-3-5-19(26)15-18;/h3-7,14-15,20H,8-13,16,27H2,1-2H3;1H. The summed E-state index contributed by atoms with van der Waals surface area (Å²) in [6.07, 6.45) is 3.71. The summed E-state index contributed by atoms with van der Waals surface area (Å²) in [5.41, 5.74) is 9.49. The van der Waals surface area contributed by atoms with Crippen LogP contribution in [-0.2, 0) is 10.2 Å². The third-order valence-electron chi connectivity index (χ3n) is 7.15. The molecule has 1 saturated carbocycles. The highest BCUT2D eigenvalue weighted by Crippen LogP contribution is 2.41. The molecule has 1 heterocycles. The average Bonchev–Trinajstić information content (AvgIpc) is 3.19. The van der Waals surface area contributed by atoms with Gasteiger partial charge in [-0.2, -0.15) is 0 Å². The first-order valence-electron chi connectivity index (χ1n) is 11.1.